The summed E-state index contributed by atoms with van der Waals surface area (Å²) in [5.74, 6) is 0.689. The highest BCUT2D eigenvalue weighted by Crippen LogP contribution is 2.33. The molecular formula is C25H27N5O3S. The minimum absolute atomic E-state index is 0.204. The van der Waals surface area contributed by atoms with Gasteiger partial charge in [0.15, 0.2) is 5.69 Å². The first-order valence-corrected chi connectivity index (χ1v) is 12.6. The van der Waals surface area contributed by atoms with E-state index < -0.39 is 10.0 Å². The molecule has 0 atom stereocenters. The predicted molar refractivity (Wildman–Crippen MR) is 129 cm³/mol. The summed E-state index contributed by atoms with van der Waals surface area (Å²) < 4.78 is 36.5. The van der Waals surface area contributed by atoms with Crippen molar-refractivity contribution in [2.75, 3.05) is 6.54 Å². The molecule has 0 unspecified atom stereocenters. The van der Waals surface area contributed by atoms with E-state index in [0.29, 0.717) is 29.4 Å². The highest BCUT2D eigenvalue weighted by Gasteiger charge is 2.34. The van der Waals surface area contributed by atoms with E-state index in [1.165, 1.54) is 4.31 Å². The van der Waals surface area contributed by atoms with Crippen LogP contribution >= 0.6 is 0 Å². The van der Waals surface area contributed by atoms with E-state index in [2.05, 4.69) is 15.3 Å². The Balaban J connectivity index is 1.51. The second kappa shape index (κ2) is 8.18. The third-order valence-corrected chi connectivity index (χ3v) is 8.53. The third kappa shape index (κ3) is 3.74. The van der Waals surface area contributed by atoms with Crippen LogP contribution in [0.4, 0.5) is 0 Å². The van der Waals surface area contributed by atoms with Crippen molar-refractivity contribution in [1.29, 1.82) is 0 Å². The molecule has 2 aromatic carbocycles. The maximum Gasteiger partial charge on any atom is 0.268 e. The van der Waals surface area contributed by atoms with Crippen molar-refractivity contribution in [2.45, 2.75) is 45.6 Å². The van der Waals surface area contributed by atoms with Gasteiger partial charge in [0.05, 0.1) is 4.90 Å². The Kier molecular flexibility index (Phi) is 5.41. The number of aromatic nitrogens is 4. The van der Waals surface area contributed by atoms with Crippen molar-refractivity contribution in [3.63, 3.8) is 0 Å². The van der Waals surface area contributed by atoms with Gasteiger partial charge in [0, 0.05) is 43.4 Å². The Morgan fingerprint density at radius 2 is 1.59 bits per heavy atom. The summed E-state index contributed by atoms with van der Waals surface area (Å²) in [5, 5.41) is 13.0. The van der Waals surface area contributed by atoms with E-state index in [0.717, 1.165) is 39.1 Å². The molecule has 9 heteroatoms. The molecule has 0 aliphatic carbocycles. The van der Waals surface area contributed by atoms with E-state index in [9.17, 15) is 8.42 Å². The van der Waals surface area contributed by atoms with Crippen LogP contribution in [-0.4, -0.2) is 39.2 Å². The third-order valence-electron chi connectivity index (χ3n) is 6.54. The number of hydrogen-bond donors (Lipinski definition) is 0. The van der Waals surface area contributed by atoms with Gasteiger partial charge in [0.1, 0.15) is 0 Å². The molecule has 0 N–H and O–H groups in total. The molecule has 0 spiro atoms. The zero-order valence-corrected chi connectivity index (χ0v) is 20.8. The maximum absolute atomic E-state index is 13.6. The van der Waals surface area contributed by atoms with Crippen molar-refractivity contribution in [1.82, 2.24) is 24.3 Å². The molecule has 2 aromatic heterocycles. The topological polar surface area (TPSA) is 94.1 Å². The van der Waals surface area contributed by atoms with Gasteiger partial charge in [-0.1, -0.05) is 23.8 Å². The van der Waals surface area contributed by atoms with Crippen molar-refractivity contribution in [2.24, 2.45) is 7.05 Å². The number of aryl methyl sites for hydroxylation is 5. The number of fused-ring (bicyclic) bond motifs is 1. The molecule has 34 heavy (non-hydrogen) atoms. The van der Waals surface area contributed by atoms with Gasteiger partial charge >= 0.3 is 0 Å². The van der Waals surface area contributed by atoms with Crippen LogP contribution < -0.4 is 0 Å². The number of sulfonamides is 1. The smallest absolute Gasteiger partial charge is 0.268 e. The van der Waals surface area contributed by atoms with Crippen molar-refractivity contribution < 1.29 is 12.8 Å². The standard InChI is InChI=1S/C25H27N5O3S/c1-15-6-8-19(9-7-15)24-26-27-25(33-24)23-20-14-30(11-10-21(20)29(5)28-23)34(31,32)22-13-17(3)16(2)12-18(22)4/h6-9,12-13H,10-11,14H2,1-5H3. The number of hydrogen-bond acceptors (Lipinski definition) is 6. The molecule has 4 aromatic rings. The van der Waals surface area contributed by atoms with Gasteiger partial charge in [-0.25, -0.2) is 8.42 Å². The van der Waals surface area contributed by atoms with Crippen LogP contribution in [0.3, 0.4) is 0 Å². The highest BCUT2D eigenvalue weighted by molar-refractivity contribution is 7.89. The Labute approximate surface area is 199 Å². The van der Waals surface area contributed by atoms with E-state index >= 15 is 0 Å². The minimum atomic E-state index is -3.68. The monoisotopic (exact) mass is 477 g/mol. The molecule has 1 aliphatic heterocycles. The van der Waals surface area contributed by atoms with Gasteiger partial charge in [-0.2, -0.15) is 9.40 Å². The molecule has 0 bridgehead atoms. The summed E-state index contributed by atoms with van der Waals surface area (Å²) >= 11 is 0. The molecule has 0 saturated carbocycles. The predicted octanol–water partition coefficient (Wildman–Crippen LogP) is 4.12. The van der Waals surface area contributed by atoms with Crippen molar-refractivity contribution in [3.8, 4) is 23.0 Å². The summed E-state index contributed by atoms with van der Waals surface area (Å²) in [7, 11) is -1.82. The first kappa shape index (κ1) is 22.5. The number of benzene rings is 2. The van der Waals surface area contributed by atoms with Crippen molar-refractivity contribution >= 4 is 10.0 Å². The van der Waals surface area contributed by atoms with Gasteiger partial charge in [-0.15, -0.1) is 10.2 Å². The second-order valence-electron chi connectivity index (χ2n) is 8.97. The lowest BCUT2D eigenvalue weighted by Gasteiger charge is -2.27. The van der Waals surface area contributed by atoms with Crippen LogP contribution in [0.5, 0.6) is 0 Å². The van der Waals surface area contributed by atoms with E-state index in [1.807, 2.05) is 65.1 Å². The molecule has 0 fully saturated rings. The lowest BCUT2D eigenvalue weighted by molar-refractivity contribution is 0.385. The Bertz CT molecular complexity index is 1500. The van der Waals surface area contributed by atoms with Crippen LogP contribution in [-0.2, 0) is 30.0 Å². The molecule has 8 nitrogen and oxygen atoms in total. The van der Waals surface area contributed by atoms with E-state index in [4.69, 9.17) is 4.42 Å². The zero-order chi connectivity index (χ0) is 24.2. The fraction of sp³-hybridized carbons (Fsp3) is 0.320. The van der Waals surface area contributed by atoms with Gasteiger partial charge in [0.2, 0.25) is 15.9 Å². The van der Waals surface area contributed by atoms with Crippen LogP contribution in [0.15, 0.2) is 45.7 Å². The Morgan fingerprint density at radius 3 is 2.32 bits per heavy atom. The molecule has 3 heterocycles. The lowest BCUT2D eigenvalue weighted by atomic mass is 10.1. The average molecular weight is 478 g/mol. The lowest BCUT2D eigenvalue weighted by Crippen LogP contribution is -2.36. The van der Waals surface area contributed by atoms with Gasteiger partial charge in [0.25, 0.3) is 5.89 Å². The first-order chi connectivity index (χ1) is 16.1. The summed E-state index contributed by atoms with van der Waals surface area (Å²) in [6, 6.07) is 11.5. The molecule has 176 valence electrons. The molecule has 0 radical (unpaired) electrons. The molecule has 0 saturated heterocycles. The molecule has 1 aliphatic rings. The van der Waals surface area contributed by atoms with Crippen LogP contribution in [0.2, 0.25) is 0 Å². The maximum atomic E-state index is 13.6. The van der Waals surface area contributed by atoms with E-state index in [1.54, 1.807) is 10.7 Å². The Hall–Kier alpha value is -3.30. The fourth-order valence-corrected chi connectivity index (χ4v) is 6.13. The Morgan fingerprint density at radius 1 is 0.912 bits per heavy atom. The van der Waals surface area contributed by atoms with Crippen LogP contribution in [0.1, 0.15) is 33.5 Å². The average Bonchev–Trinajstić information content (AvgIpc) is 3.41. The van der Waals surface area contributed by atoms with Gasteiger partial charge < -0.3 is 4.42 Å². The highest BCUT2D eigenvalue weighted by atomic mass is 32.2. The van der Waals surface area contributed by atoms with Crippen LogP contribution in [0, 0.1) is 27.7 Å². The fourth-order valence-electron chi connectivity index (χ4n) is 4.43. The SMILES string of the molecule is Cc1ccc(-c2nnc(-c3nn(C)c4c3CN(S(=O)(=O)c3cc(C)c(C)cc3C)CC4)o2)cc1. The molecular weight excluding hydrogens is 450 g/mol. The van der Waals surface area contributed by atoms with Gasteiger partial charge in [-0.3, -0.25) is 4.68 Å². The number of nitrogens with zero attached hydrogens (tertiary/aromatic N) is 5. The largest absolute Gasteiger partial charge is 0.415 e. The van der Waals surface area contributed by atoms with Gasteiger partial charge in [-0.05, 0) is 62.6 Å². The van der Waals surface area contributed by atoms with Crippen LogP contribution in [0.25, 0.3) is 23.0 Å². The summed E-state index contributed by atoms with van der Waals surface area (Å²) in [6.45, 7) is 8.37. The zero-order valence-electron chi connectivity index (χ0n) is 20.0. The quantitative estimate of drug-likeness (QED) is 0.439. The summed E-state index contributed by atoms with van der Waals surface area (Å²) in [5.41, 5.74) is 7.06. The summed E-state index contributed by atoms with van der Waals surface area (Å²) in [4.78, 5) is 0.351. The first-order valence-electron chi connectivity index (χ1n) is 11.2. The number of rotatable bonds is 4. The van der Waals surface area contributed by atoms with Crippen molar-refractivity contribution in [3.05, 3.63) is 69.9 Å². The van der Waals surface area contributed by atoms with E-state index in [-0.39, 0.29) is 12.4 Å². The second-order valence-corrected chi connectivity index (χ2v) is 10.9. The molecule has 0 amide bonds. The normalized spacial score (nSPS) is 14.4. The molecule has 5 rings (SSSR count). The minimum Gasteiger partial charge on any atom is -0.415 e. The summed E-state index contributed by atoms with van der Waals surface area (Å²) in [6.07, 6.45) is 0.556.